The molecule has 0 aromatic heterocycles. The highest BCUT2D eigenvalue weighted by Crippen LogP contribution is 2.65. The number of fused-ring (bicyclic) bond motifs is 5. The summed E-state index contributed by atoms with van der Waals surface area (Å²) in [6.07, 6.45) is 11.6. The fraction of sp³-hybridized carbons (Fsp3) is 0.762. The summed E-state index contributed by atoms with van der Waals surface area (Å²) in [6.45, 7) is 6.84. The number of carbonyl (C=O) groups excluding carboxylic acids is 1. The number of Topliss-reactive ketones (excluding diaryl/α,β-unsaturated/α-hetero) is 1. The molecule has 0 amide bonds. The third-order valence-electron chi connectivity index (χ3n) is 8.09. The van der Waals surface area contributed by atoms with E-state index in [9.17, 15) is 9.90 Å². The van der Waals surface area contributed by atoms with Gasteiger partial charge in [-0.1, -0.05) is 31.6 Å². The Hall–Kier alpha value is -0.890. The van der Waals surface area contributed by atoms with Crippen molar-refractivity contribution in [1.82, 2.24) is 0 Å². The number of ketones is 1. The molecular weight excluding hydrogens is 284 g/mol. The average Bonchev–Trinajstić information content (AvgIpc) is 2.77. The van der Waals surface area contributed by atoms with E-state index in [0.29, 0.717) is 23.5 Å². The molecule has 0 aromatic rings. The highest BCUT2D eigenvalue weighted by Gasteiger charge is 2.59. The van der Waals surface area contributed by atoms with Crippen molar-refractivity contribution in [2.45, 2.75) is 71.8 Å². The predicted molar refractivity (Wildman–Crippen MR) is 91.9 cm³/mol. The van der Waals surface area contributed by atoms with Gasteiger partial charge in [-0.3, -0.25) is 4.79 Å². The molecule has 0 bridgehead atoms. The Morgan fingerprint density at radius 3 is 2.61 bits per heavy atom. The maximum Gasteiger partial charge on any atom is 0.159 e. The van der Waals surface area contributed by atoms with E-state index in [-0.39, 0.29) is 16.9 Å². The minimum atomic E-state index is -0.230. The number of hydrogen-bond acceptors (Lipinski definition) is 2. The Morgan fingerprint density at radius 2 is 1.87 bits per heavy atom. The number of aliphatic hydroxyl groups is 1. The first-order valence-corrected chi connectivity index (χ1v) is 9.49. The van der Waals surface area contributed by atoms with Crippen LogP contribution in [0, 0.1) is 28.6 Å². The predicted octanol–water partition coefficient (Wildman–Crippen LogP) is 4.44. The summed E-state index contributed by atoms with van der Waals surface area (Å²) in [5.74, 6) is 2.35. The van der Waals surface area contributed by atoms with Gasteiger partial charge in [-0.2, -0.15) is 0 Å². The standard InChI is InChI=1S/C21H30O2/c1-4-16-19(23)12-18-15-6-5-13-11-14(22)7-9-20(13,2)17(15)8-10-21(16,18)3/h4,11,14-15,17-18,22H,5-10,12H2,1-3H3/b16-4+. The van der Waals surface area contributed by atoms with Crippen molar-refractivity contribution in [3.8, 4) is 0 Å². The SMILES string of the molecule is C/C=C1\C(=O)CC2C3CCC4=CC(O)CCC4(C)C3CCC12C. The molecule has 0 aromatic carbocycles. The van der Waals surface area contributed by atoms with Crippen LogP contribution in [-0.2, 0) is 4.79 Å². The molecule has 4 aliphatic rings. The Labute approximate surface area is 140 Å². The van der Waals surface area contributed by atoms with Gasteiger partial charge in [-0.25, -0.2) is 0 Å². The maximum absolute atomic E-state index is 12.5. The molecule has 0 heterocycles. The van der Waals surface area contributed by atoms with Crippen LogP contribution < -0.4 is 0 Å². The van der Waals surface area contributed by atoms with E-state index in [1.807, 2.05) is 6.92 Å². The number of allylic oxidation sites excluding steroid dienone is 3. The van der Waals surface area contributed by atoms with Crippen LogP contribution >= 0.6 is 0 Å². The van der Waals surface area contributed by atoms with Gasteiger partial charge in [0.05, 0.1) is 6.10 Å². The van der Waals surface area contributed by atoms with E-state index in [4.69, 9.17) is 0 Å². The molecule has 0 aliphatic heterocycles. The largest absolute Gasteiger partial charge is 0.389 e. The first-order valence-electron chi connectivity index (χ1n) is 9.49. The van der Waals surface area contributed by atoms with Crippen LogP contribution in [0.3, 0.4) is 0 Å². The van der Waals surface area contributed by atoms with Crippen LogP contribution in [0.5, 0.6) is 0 Å². The van der Waals surface area contributed by atoms with Gasteiger partial charge in [0, 0.05) is 6.42 Å². The summed E-state index contributed by atoms with van der Waals surface area (Å²) >= 11 is 0. The number of hydrogen-bond donors (Lipinski definition) is 1. The summed E-state index contributed by atoms with van der Waals surface area (Å²) in [6, 6.07) is 0. The van der Waals surface area contributed by atoms with Crippen LogP contribution in [0.25, 0.3) is 0 Å². The van der Waals surface area contributed by atoms with Gasteiger partial charge < -0.3 is 5.11 Å². The lowest BCUT2D eigenvalue weighted by Gasteiger charge is -2.57. The van der Waals surface area contributed by atoms with E-state index < -0.39 is 0 Å². The molecule has 23 heavy (non-hydrogen) atoms. The van der Waals surface area contributed by atoms with Gasteiger partial charge in [0.25, 0.3) is 0 Å². The van der Waals surface area contributed by atoms with Crippen molar-refractivity contribution in [2.24, 2.45) is 28.6 Å². The average molecular weight is 314 g/mol. The number of aliphatic hydroxyl groups excluding tert-OH is 1. The summed E-state index contributed by atoms with van der Waals surface area (Å²) < 4.78 is 0. The third-order valence-corrected chi connectivity index (χ3v) is 8.09. The molecule has 6 atom stereocenters. The lowest BCUT2D eigenvalue weighted by Crippen LogP contribution is -2.49. The van der Waals surface area contributed by atoms with E-state index in [0.717, 1.165) is 37.7 Å². The van der Waals surface area contributed by atoms with E-state index in [2.05, 4.69) is 26.0 Å². The monoisotopic (exact) mass is 314 g/mol. The zero-order valence-corrected chi connectivity index (χ0v) is 14.8. The maximum atomic E-state index is 12.5. The number of rotatable bonds is 0. The number of carbonyl (C=O) groups is 1. The summed E-state index contributed by atoms with van der Waals surface area (Å²) in [4.78, 5) is 12.5. The van der Waals surface area contributed by atoms with Crippen molar-refractivity contribution in [3.63, 3.8) is 0 Å². The lowest BCUT2D eigenvalue weighted by molar-refractivity contribution is -0.115. The highest BCUT2D eigenvalue weighted by atomic mass is 16.3. The second-order valence-electron chi connectivity index (χ2n) is 8.92. The molecule has 2 heteroatoms. The zero-order chi connectivity index (χ0) is 16.4. The normalized spacial score (nSPS) is 51.0. The minimum Gasteiger partial charge on any atom is -0.389 e. The Bertz CT molecular complexity index is 601. The van der Waals surface area contributed by atoms with Crippen molar-refractivity contribution in [3.05, 3.63) is 23.3 Å². The fourth-order valence-corrected chi connectivity index (χ4v) is 6.86. The topological polar surface area (TPSA) is 37.3 Å². The fourth-order valence-electron chi connectivity index (χ4n) is 6.86. The van der Waals surface area contributed by atoms with E-state index in [1.54, 1.807) is 0 Å². The molecule has 2 nitrogen and oxygen atoms in total. The molecule has 3 saturated carbocycles. The van der Waals surface area contributed by atoms with Gasteiger partial charge in [-0.15, -0.1) is 0 Å². The van der Waals surface area contributed by atoms with Gasteiger partial charge in [0.15, 0.2) is 5.78 Å². The Kier molecular flexibility index (Phi) is 3.43. The molecule has 126 valence electrons. The van der Waals surface area contributed by atoms with Crippen molar-refractivity contribution >= 4 is 5.78 Å². The molecule has 6 unspecified atom stereocenters. The van der Waals surface area contributed by atoms with Gasteiger partial charge in [0.1, 0.15) is 0 Å². The molecule has 0 radical (unpaired) electrons. The van der Waals surface area contributed by atoms with E-state index in [1.165, 1.54) is 18.4 Å². The quantitative estimate of drug-likeness (QED) is 0.530. The molecule has 3 fully saturated rings. The van der Waals surface area contributed by atoms with Crippen LogP contribution in [0.1, 0.15) is 65.7 Å². The minimum absolute atomic E-state index is 0.124. The first kappa shape index (κ1) is 15.6. The zero-order valence-electron chi connectivity index (χ0n) is 14.8. The first-order chi connectivity index (χ1) is 10.9. The molecule has 0 saturated heterocycles. The summed E-state index contributed by atoms with van der Waals surface area (Å²) in [7, 11) is 0. The van der Waals surface area contributed by atoms with Gasteiger partial charge in [0.2, 0.25) is 0 Å². The molecule has 4 aliphatic carbocycles. The molecule has 1 N–H and O–H groups in total. The Balaban J connectivity index is 1.71. The van der Waals surface area contributed by atoms with Crippen LogP contribution in [0.4, 0.5) is 0 Å². The second kappa shape index (κ2) is 5.05. The Morgan fingerprint density at radius 1 is 1.13 bits per heavy atom. The molecule has 4 rings (SSSR count). The third kappa shape index (κ3) is 2.00. The van der Waals surface area contributed by atoms with Crippen molar-refractivity contribution in [2.75, 3.05) is 0 Å². The van der Waals surface area contributed by atoms with Gasteiger partial charge in [-0.05, 0) is 79.6 Å². The summed E-state index contributed by atoms with van der Waals surface area (Å²) in [5.41, 5.74) is 3.02. The van der Waals surface area contributed by atoms with E-state index >= 15 is 0 Å². The smallest absolute Gasteiger partial charge is 0.159 e. The molecule has 0 spiro atoms. The van der Waals surface area contributed by atoms with Crippen molar-refractivity contribution < 1.29 is 9.90 Å². The van der Waals surface area contributed by atoms with Gasteiger partial charge >= 0.3 is 0 Å². The summed E-state index contributed by atoms with van der Waals surface area (Å²) in [5, 5.41) is 10.0. The van der Waals surface area contributed by atoms with Crippen LogP contribution in [-0.4, -0.2) is 17.0 Å². The van der Waals surface area contributed by atoms with Crippen LogP contribution in [0.15, 0.2) is 23.3 Å². The molecular formula is C21H30O2. The second-order valence-corrected chi connectivity index (χ2v) is 8.92. The highest BCUT2D eigenvalue weighted by molar-refractivity contribution is 5.99. The lowest BCUT2D eigenvalue weighted by atomic mass is 9.47. The van der Waals surface area contributed by atoms with Crippen LogP contribution in [0.2, 0.25) is 0 Å². The van der Waals surface area contributed by atoms with Crippen molar-refractivity contribution in [1.29, 1.82) is 0 Å².